The summed E-state index contributed by atoms with van der Waals surface area (Å²) in [5.41, 5.74) is 6.39. The molecule has 1 atom stereocenters. The molecule has 0 bridgehead atoms. The minimum atomic E-state index is 0.224. The lowest BCUT2D eigenvalue weighted by Gasteiger charge is -2.17. The summed E-state index contributed by atoms with van der Waals surface area (Å²) in [5.74, 6) is 0. The number of fused-ring (bicyclic) bond motifs is 3. The Bertz CT molecular complexity index is 770. The van der Waals surface area contributed by atoms with Gasteiger partial charge in [0.25, 0.3) is 0 Å². The smallest absolute Gasteiger partial charge is 0.0943 e. The van der Waals surface area contributed by atoms with Crippen molar-refractivity contribution in [2.75, 3.05) is 5.32 Å². The number of aryl methyl sites for hydroxylation is 1. The summed E-state index contributed by atoms with van der Waals surface area (Å²) < 4.78 is 2.27. The average Bonchev–Trinajstić information content (AvgIpc) is 3.04. The summed E-state index contributed by atoms with van der Waals surface area (Å²) in [6, 6.07) is 21.6. The fraction of sp³-hybridized carbons (Fsp3) is 0.111. The number of para-hydroxylation sites is 2. The van der Waals surface area contributed by atoms with Crippen LogP contribution in [0.3, 0.4) is 0 Å². The molecule has 1 unspecified atom stereocenters. The predicted molar refractivity (Wildman–Crippen MR) is 82.4 cm³/mol. The fourth-order valence-corrected chi connectivity index (χ4v) is 3.00. The quantitative estimate of drug-likeness (QED) is 0.727. The Morgan fingerprint density at radius 1 is 0.900 bits per heavy atom. The van der Waals surface area contributed by atoms with Gasteiger partial charge in [-0.05, 0) is 36.8 Å². The number of hydrogen-bond acceptors (Lipinski definition) is 1. The third-order valence-electron chi connectivity index (χ3n) is 4.03. The molecule has 4 rings (SSSR count). The third kappa shape index (κ3) is 1.58. The van der Waals surface area contributed by atoms with Crippen LogP contribution in [0, 0.1) is 6.92 Å². The van der Waals surface area contributed by atoms with Gasteiger partial charge in [0.05, 0.1) is 11.7 Å². The first-order valence-electron chi connectivity index (χ1n) is 6.93. The fourth-order valence-electron chi connectivity index (χ4n) is 3.00. The van der Waals surface area contributed by atoms with Crippen LogP contribution in [-0.2, 0) is 0 Å². The minimum absolute atomic E-state index is 0.224. The van der Waals surface area contributed by atoms with E-state index in [9.17, 15) is 0 Å². The lowest BCUT2D eigenvalue weighted by molar-refractivity contribution is 0.921. The lowest BCUT2D eigenvalue weighted by atomic mass is 10.0. The van der Waals surface area contributed by atoms with Gasteiger partial charge in [-0.1, -0.05) is 36.4 Å². The maximum absolute atomic E-state index is 3.69. The van der Waals surface area contributed by atoms with Gasteiger partial charge in [0.1, 0.15) is 0 Å². The summed E-state index contributed by atoms with van der Waals surface area (Å²) in [4.78, 5) is 0. The Morgan fingerprint density at radius 2 is 1.70 bits per heavy atom. The number of aromatic nitrogens is 1. The summed E-state index contributed by atoms with van der Waals surface area (Å²) in [6.07, 6.45) is 2.13. The van der Waals surface area contributed by atoms with Crippen LogP contribution in [0.15, 0.2) is 66.9 Å². The minimum Gasteiger partial charge on any atom is -0.373 e. The van der Waals surface area contributed by atoms with Crippen LogP contribution < -0.4 is 5.32 Å². The lowest BCUT2D eigenvalue weighted by Crippen LogP contribution is -2.10. The second-order valence-electron chi connectivity index (χ2n) is 5.25. The molecular weight excluding hydrogens is 244 g/mol. The molecular formula is C18H16N2. The molecule has 1 aliphatic heterocycles. The molecule has 20 heavy (non-hydrogen) atoms. The highest BCUT2D eigenvalue weighted by Gasteiger charge is 2.27. The molecule has 1 aromatic heterocycles. The molecule has 2 aromatic carbocycles. The highest BCUT2D eigenvalue weighted by Crippen LogP contribution is 2.38. The Kier molecular flexibility index (Phi) is 2.43. The molecule has 1 N–H and O–H groups in total. The van der Waals surface area contributed by atoms with Crippen LogP contribution in [0.5, 0.6) is 0 Å². The van der Waals surface area contributed by atoms with E-state index in [1.165, 1.54) is 28.2 Å². The maximum atomic E-state index is 3.69. The first-order valence-corrected chi connectivity index (χ1v) is 6.93. The van der Waals surface area contributed by atoms with Crippen molar-refractivity contribution in [3.05, 3.63) is 83.7 Å². The van der Waals surface area contributed by atoms with Gasteiger partial charge < -0.3 is 9.88 Å². The van der Waals surface area contributed by atoms with Crippen LogP contribution in [0.25, 0.3) is 5.69 Å². The molecule has 0 aliphatic carbocycles. The zero-order chi connectivity index (χ0) is 13.5. The molecule has 1 aliphatic rings. The van der Waals surface area contributed by atoms with E-state index >= 15 is 0 Å². The molecule has 0 fully saturated rings. The maximum Gasteiger partial charge on any atom is 0.0943 e. The van der Waals surface area contributed by atoms with Crippen LogP contribution in [0.2, 0.25) is 0 Å². The van der Waals surface area contributed by atoms with Crippen molar-refractivity contribution in [3.63, 3.8) is 0 Å². The molecule has 2 heteroatoms. The Hall–Kier alpha value is -2.48. The van der Waals surface area contributed by atoms with E-state index in [4.69, 9.17) is 0 Å². The Balaban J connectivity index is 1.81. The summed E-state index contributed by atoms with van der Waals surface area (Å²) in [7, 11) is 0. The highest BCUT2D eigenvalue weighted by atomic mass is 15.1. The molecule has 0 radical (unpaired) electrons. The SMILES string of the molecule is Cc1ccccc1NC1c2ccccc2-n2cccc21. The van der Waals surface area contributed by atoms with Crippen molar-refractivity contribution in [2.24, 2.45) is 0 Å². The van der Waals surface area contributed by atoms with Crippen molar-refractivity contribution in [3.8, 4) is 5.69 Å². The van der Waals surface area contributed by atoms with Crippen molar-refractivity contribution in [1.82, 2.24) is 4.57 Å². The second-order valence-corrected chi connectivity index (χ2v) is 5.25. The van der Waals surface area contributed by atoms with Gasteiger partial charge in [0.15, 0.2) is 0 Å². The molecule has 2 nitrogen and oxygen atoms in total. The van der Waals surface area contributed by atoms with Gasteiger partial charge in [-0.3, -0.25) is 0 Å². The van der Waals surface area contributed by atoms with E-state index in [2.05, 4.69) is 83.7 Å². The van der Waals surface area contributed by atoms with Gasteiger partial charge >= 0.3 is 0 Å². The second kappa shape index (κ2) is 4.27. The van der Waals surface area contributed by atoms with E-state index in [0.29, 0.717) is 0 Å². The number of rotatable bonds is 2. The van der Waals surface area contributed by atoms with Crippen molar-refractivity contribution < 1.29 is 0 Å². The predicted octanol–water partition coefficient (Wildman–Crippen LogP) is 4.30. The Labute approximate surface area is 118 Å². The topological polar surface area (TPSA) is 17.0 Å². The number of anilines is 1. The Morgan fingerprint density at radius 3 is 2.60 bits per heavy atom. The van der Waals surface area contributed by atoms with Crippen LogP contribution in [-0.4, -0.2) is 4.57 Å². The van der Waals surface area contributed by atoms with Gasteiger partial charge in [0, 0.05) is 23.1 Å². The molecule has 0 amide bonds. The molecule has 0 saturated carbocycles. The summed E-state index contributed by atoms with van der Waals surface area (Å²) in [5, 5.41) is 3.69. The summed E-state index contributed by atoms with van der Waals surface area (Å²) >= 11 is 0. The normalized spacial score (nSPS) is 15.8. The van der Waals surface area contributed by atoms with Crippen LogP contribution >= 0.6 is 0 Å². The standard InChI is InChI=1S/C18H16N2/c1-13-7-2-4-9-15(13)19-18-14-8-3-5-10-16(14)20-12-6-11-17(18)20/h2-12,18-19H,1H3. The van der Waals surface area contributed by atoms with Crippen molar-refractivity contribution in [2.45, 2.75) is 13.0 Å². The third-order valence-corrected chi connectivity index (χ3v) is 4.03. The van der Waals surface area contributed by atoms with Crippen molar-refractivity contribution in [1.29, 1.82) is 0 Å². The molecule has 98 valence electrons. The first-order chi connectivity index (χ1) is 9.84. The van der Waals surface area contributed by atoms with Crippen LogP contribution in [0.4, 0.5) is 5.69 Å². The number of nitrogens with zero attached hydrogens (tertiary/aromatic N) is 1. The van der Waals surface area contributed by atoms with E-state index < -0.39 is 0 Å². The van der Waals surface area contributed by atoms with Gasteiger partial charge in [-0.25, -0.2) is 0 Å². The number of hydrogen-bond donors (Lipinski definition) is 1. The first kappa shape index (κ1) is 11.4. The zero-order valence-corrected chi connectivity index (χ0v) is 11.4. The van der Waals surface area contributed by atoms with E-state index in [-0.39, 0.29) is 6.04 Å². The van der Waals surface area contributed by atoms with Crippen molar-refractivity contribution >= 4 is 5.69 Å². The van der Waals surface area contributed by atoms with Gasteiger partial charge in [-0.15, -0.1) is 0 Å². The monoisotopic (exact) mass is 260 g/mol. The van der Waals surface area contributed by atoms with Gasteiger partial charge in [-0.2, -0.15) is 0 Å². The van der Waals surface area contributed by atoms with Crippen LogP contribution in [0.1, 0.15) is 22.9 Å². The van der Waals surface area contributed by atoms with E-state index in [0.717, 1.165) is 0 Å². The molecule has 0 saturated heterocycles. The highest BCUT2D eigenvalue weighted by molar-refractivity contribution is 5.60. The van der Waals surface area contributed by atoms with E-state index in [1.807, 2.05) is 0 Å². The molecule has 2 heterocycles. The summed E-state index contributed by atoms with van der Waals surface area (Å²) in [6.45, 7) is 2.14. The average molecular weight is 260 g/mol. The number of benzene rings is 2. The van der Waals surface area contributed by atoms with E-state index in [1.54, 1.807) is 0 Å². The van der Waals surface area contributed by atoms with Gasteiger partial charge in [0.2, 0.25) is 0 Å². The molecule has 3 aromatic rings. The zero-order valence-electron chi connectivity index (χ0n) is 11.4. The molecule has 0 spiro atoms. The number of nitrogens with one attached hydrogen (secondary N) is 1. The largest absolute Gasteiger partial charge is 0.373 e.